The zero-order valence-electron chi connectivity index (χ0n) is 10.8. The van der Waals surface area contributed by atoms with Crippen LogP contribution in [0.4, 0.5) is 0 Å². The van der Waals surface area contributed by atoms with Gasteiger partial charge in [-0.25, -0.2) is 0 Å². The maximum Gasteiger partial charge on any atom is 0.307 e. The van der Waals surface area contributed by atoms with Crippen LogP contribution in [0.25, 0.3) is 0 Å². The molecule has 0 aromatic heterocycles. The van der Waals surface area contributed by atoms with E-state index in [1.54, 1.807) is 0 Å². The largest absolute Gasteiger partial charge is 0.484 e. The molecule has 2 N–H and O–H groups in total. The molecular formula is C14H16ClNO4. The summed E-state index contributed by atoms with van der Waals surface area (Å²) in [6, 6.07) is 5.65. The first kappa shape index (κ1) is 13.7. The summed E-state index contributed by atoms with van der Waals surface area (Å²) in [5.74, 6) is -0.436. The molecule has 1 aromatic carbocycles. The fourth-order valence-corrected chi connectivity index (χ4v) is 2.70. The third-order valence-electron chi connectivity index (χ3n) is 3.74. The lowest BCUT2D eigenvalue weighted by Gasteiger charge is -2.27. The molecule has 2 atom stereocenters. The summed E-state index contributed by atoms with van der Waals surface area (Å²) in [6.07, 6.45) is 0.668. The monoisotopic (exact) mass is 297 g/mol. The van der Waals surface area contributed by atoms with E-state index in [4.69, 9.17) is 26.2 Å². The first-order valence-electron chi connectivity index (χ1n) is 6.63. The van der Waals surface area contributed by atoms with E-state index in [9.17, 15) is 4.79 Å². The van der Waals surface area contributed by atoms with Crippen LogP contribution in [0.5, 0.6) is 5.75 Å². The van der Waals surface area contributed by atoms with Gasteiger partial charge in [-0.05, 0) is 24.1 Å². The van der Waals surface area contributed by atoms with Crippen LogP contribution < -0.4 is 10.1 Å². The fraction of sp³-hybridized carbons (Fsp3) is 0.500. The molecule has 0 bridgehead atoms. The molecule has 2 heterocycles. The maximum atomic E-state index is 11.0. The van der Waals surface area contributed by atoms with Gasteiger partial charge in [-0.15, -0.1) is 0 Å². The maximum absolute atomic E-state index is 11.0. The van der Waals surface area contributed by atoms with Crippen LogP contribution in [-0.4, -0.2) is 36.9 Å². The van der Waals surface area contributed by atoms with Crippen LogP contribution in [0.2, 0.25) is 5.02 Å². The summed E-state index contributed by atoms with van der Waals surface area (Å²) in [7, 11) is 0. The molecule has 2 aliphatic heterocycles. The molecule has 2 fully saturated rings. The first-order valence-corrected chi connectivity index (χ1v) is 7.01. The highest BCUT2D eigenvalue weighted by Crippen LogP contribution is 2.33. The lowest BCUT2D eigenvalue weighted by molar-refractivity contribution is -0.141. The molecule has 0 aliphatic carbocycles. The number of carbonyl (C=O) groups is 1. The van der Waals surface area contributed by atoms with Crippen LogP contribution >= 0.6 is 11.6 Å². The van der Waals surface area contributed by atoms with Crippen LogP contribution in [0.15, 0.2) is 18.2 Å². The van der Waals surface area contributed by atoms with E-state index in [1.165, 1.54) is 0 Å². The van der Waals surface area contributed by atoms with Gasteiger partial charge in [-0.2, -0.15) is 0 Å². The number of nitrogens with one attached hydrogen (secondary N) is 1. The Morgan fingerprint density at radius 1 is 1.45 bits per heavy atom. The average molecular weight is 298 g/mol. The smallest absolute Gasteiger partial charge is 0.307 e. The molecular weight excluding hydrogens is 282 g/mol. The van der Waals surface area contributed by atoms with Crippen molar-refractivity contribution in [3.05, 3.63) is 28.8 Å². The second-order valence-electron chi connectivity index (χ2n) is 5.20. The minimum Gasteiger partial charge on any atom is -0.484 e. The highest BCUT2D eigenvalue weighted by molar-refractivity contribution is 6.32. The van der Waals surface area contributed by atoms with Crippen LogP contribution in [-0.2, 0) is 9.53 Å². The summed E-state index contributed by atoms with van der Waals surface area (Å²) in [6.45, 7) is 1.69. The molecule has 2 saturated heterocycles. The summed E-state index contributed by atoms with van der Waals surface area (Å²) < 4.78 is 10.7. The number of carboxylic acids is 1. The van der Waals surface area contributed by atoms with E-state index in [-0.39, 0.29) is 18.1 Å². The van der Waals surface area contributed by atoms with E-state index in [1.807, 2.05) is 18.2 Å². The van der Waals surface area contributed by atoms with E-state index < -0.39 is 5.97 Å². The Labute approximate surface area is 121 Å². The third-order valence-corrected chi connectivity index (χ3v) is 4.03. The minimum atomic E-state index is -0.754. The second-order valence-corrected chi connectivity index (χ2v) is 5.61. The van der Waals surface area contributed by atoms with Crippen molar-refractivity contribution in [2.45, 2.75) is 18.6 Å². The molecule has 0 spiro atoms. The number of carboxylic acid groups (broad SMARTS) is 1. The average Bonchev–Trinajstić information content (AvgIpc) is 2.84. The number of hydrogen-bond acceptors (Lipinski definition) is 4. The van der Waals surface area contributed by atoms with Gasteiger partial charge in [0.1, 0.15) is 11.9 Å². The lowest BCUT2D eigenvalue weighted by Crippen LogP contribution is -2.38. The van der Waals surface area contributed by atoms with Crippen LogP contribution in [0, 0.1) is 5.92 Å². The highest BCUT2D eigenvalue weighted by Gasteiger charge is 2.30. The normalized spacial score (nSPS) is 26.2. The van der Waals surface area contributed by atoms with E-state index in [0.717, 1.165) is 5.56 Å². The molecule has 0 amide bonds. The first-order chi connectivity index (χ1) is 9.63. The molecule has 0 radical (unpaired) electrons. The van der Waals surface area contributed by atoms with Gasteiger partial charge in [0.15, 0.2) is 0 Å². The number of halogens is 1. The predicted octanol–water partition coefficient (Wildman–Crippen LogP) is 1.85. The van der Waals surface area contributed by atoms with Crippen LogP contribution in [0.1, 0.15) is 18.0 Å². The fourth-order valence-electron chi connectivity index (χ4n) is 2.47. The highest BCUT2D eigenvalue weighted by atomic mass is 35.5. The Kier molecular flexibility index (Phi) is 3.83. The van der Waals surface area contributed by atoms with E-state index in [0.29, 0.717) is 37.0 Å². The van der Waals surface area contributed by atoms with Crippen molar-refractivity contribution in [3.8, 4) is 5.75 Å². The number of benzene rings is 1. The SMILES string of the molecule is O=C(O)C1CNC(c2ccc(OC3COC3)c(Cl)c2)C1. The van der Waals surface area contributed by atoms with Gasteiger partial charge in [0, 0.05) is 12.6 Å². The summed E-state index contributed by atoms with van der Waals surface area (Å²) in [4.78, 5) is 11.0. The summed E-state index contributed by atoms with van der Waals surface area (Å²) in [5, 5.41) is 12.8. The Hall–Kier alpha value is -1.30. The molecule has 1 aromatic rings. The molecule has 6 heteroatoms. The number of ether oxygens (including phenoxy) is 2. The van der Waals surface area contributed by atoms with Gasteiger partial charge in [-0.3, -0.25) is 4.79 Å². The number of hydrogen-bond donors (Lipinski definition) is 2. The second kappa shape index (κ2) is 5.60. The molecule has 2 aliphatic rings. The number of rotatable bonds is 4. The van der Waals surface area contributed by atoms with Crippen molar-refractivity contribution in [3.63, 3.8) is 0 Å². The molecule has 20 heavy (non-hydrogen) atoms. The van der Waals surface area contributed by atoms with Gasteiger partial charge >= 0.3 is 5.97 Å². The topological polar surface area (TPSA) is 67.8 Å². The number of aliphatic carboxylic acids is 1. The van der Waals surface area contributed by atoms with Gasteiger partial charge < -0.3 is 19.9 Å². The van der Waals surface area contributed by atoms with Crippen molar-refractivity contribution in [2.24, 2.45) is 5.92 Å². The van der Waals surface area contributed by atoms with Gasteiger partial charge in [-0.1, -0.05) is 17.7 Å². The van der Waals surface area contributed by atoms with Gasteiger partial charge in [0.05, 0.1) is 24.2 Å². The molecule has 108 valence electrons. The molecule has 2 unspecified atom stereocenters. The Morgan fingerprint density at radius 2 is 2.25 bits per heavy atom. The Bertz CT molecular complexity index is 518. The van der Waals surface area contributed by atoms with Gasteiger partial charge in [0.25, 0.3) is 0 Å². The zero-order chi connectivity index (χ0) is 14.1. The quantitative estimate of drug-likeness (QED) is 0.888. The van der Waals surface area contributed by atoms with Crippen LogP contribution in [0.3, 0.4) is 0 Å². The van der Waals surface area contributed by atoms with Crippen molar-refractivity contribution >= 4 is 17.6 Å². The van der Waals surface area contributed by atoms with Crippen molar-refractivity contribution in [1.82, 2.24) is 5.32 Å². The Balaban J connectivity index is 1.68. The zero-order valence-corrected chi connectivity index (χ0v) is 11.6. The van der Waals surface area contributed by atoms with Crippen molar-refractivity contribution in [2.75, 3.05) is 19.8 Å². The third kappa shape index (κ3) is 2.75. The van der Waals surface area contributed by atoms with Gasteiger partial charge in [0.2, 0.25) is 0 Å². The Morgan fingerprint density at radius 3 is 2.80 bits per heavy atom. The molecule has 5 nitrogen and oxygen atoms in total. The summed E-state index contributed by atoms with van der Waals surface area (Å²) >= 11 is 6.22. The summed E-state index contributed by atoms with van der Waals surface area (Å²) in [5.41, 5.74) is 0.996. The molecule has 3 rings (SSSR count). The minimum absolute atomic E-state index is 0.0367. The van der Waals surface area contributed by atoms with E-state index >= 15 is 0 Å². The van der Waals surface area contributed by atoms with E-state index in [2.05, 4.69) is 5.32 Å². The lowest BCUT2D eigenvalue weighted by atomic mass is 10.00. The predicted molar refractivity (Wildman–Crippen MR) is 73.2 cm³/mol. The standard InChI is InChI=1S/C14H16ClNO4/c15-11-3-8(12-4-9(5-16-12)14(17)18)1-2-13(11)20-10-6-19-7-10/h1-3,9-10,12,16H,4-7H2,(H,17,18). The molecule has 0 saturated carbocycles. The van der Waals surface area contributed by atoms with Crippen molar-refractivity contribution < 1.29 is 19.4 Å². The van der Waals surface area contributed by atoms with Crippen molar-refractivity contribution in [1.29, 1.82) is 0 Å².